The highest BCUT2D eigenvalue weighted by atomic mass is 19.3. The van der Waals surface area contributed by atoms with Gasteiger partial charge in [-0.25, -0.2) is 0 Å². The number of halogens is 2. The molecule has 0 unspecified atom stereocenters. The Kier molecular flexibility index (Phi) is 5.37. The number of aryl methyl sites for hydroxylation is 2. The number of nitrogens with one attached hydrogen (secondary N) is 2. The predicted octanol–water partition coefficient (Wildman–Crippen LogP) is 3.82. The van der Waals surface area contributed by atoms with Crippen LogP contribution in [0, 0.1) is 13.8 Å². The summed E-state index contributed by atoms with van der Waals surface area (Å²) in [5.41, 5.74) is 3.74. The lowest BCUT2D eigenvalue weighted by Crippen LogP contribution is -2.32. The predicted molar refractivity (Wildman–Crippen MR) is 110 cm³/mol. The summed E-state index contributed by atoms with van der Waals surface area (Å²) in [6.07, 6.45) is 0. The van der Waals surface area contributed by atoms with Crippen LogP contribution in [0.1, 0.15) is 29.7 Å². The topological polar surface area (TPSA) is 94.0 Å². The molecule has 1 amide bonds. The molecule has 2 N–H and O–H groups in total. The van der Waals surface area contributed by atoms with Gasteiger partial charge in [-0.15, -0.1) is 0 Å². The van der Waals surface area contributed by atoms with E-state index in [1.54, 1.807) is 25.1 Å². The first-order valence-corrected chi connectivity index (χ1v) is 9.53. The number of allylic oxidation sites excluding steroid dienone is 1. The van der Waals surface area contributed by atoms with Crippen LogP contribution in [0.5, 0.6) is 5.75 Å². The van der Waals surface area contributed by atoms with Gasteiger partial charge in [0.25, 0.3) is 5.91 Å². The van der Waals surface area contributed by atoms with E-state index < -0.39 is 18.6 Å². The summed E-state index contributed by atoms with van der Waals surface area (Å²) in [6, 6.07) is 11.1. The molecular formula is C21H20F2N6O2. The molecule has 2 heterocycles. The van der Waals surface area contributed by atoms with E-state index in [1.807, 2.05) is 32.0 Å². The Bertz CT molecular complexity index is 1170. The molecule has 0 saturated heterocycles. The lowest BCUT2D eigenvalue weighted by Gasteiger charge is -2.29. The smallest absolute Gasteiger partial charge is 0.387 e. The second kappa shape index (κ2) is 8.13. The Hall–Kier alpha value is -3.82. The number of benzene rings is 2. The van der Waals surface area contributed by atoms with Crippen LogP contribution >= 0.6 is 0 Å². The maximum Gasteiger partial charge on any atom is 0.387 e. The van der Waals surface area contributed by atoms with E-state index in [-0.39, 0.29) is 17.3 Å². The van der Waals surface area contributed by atoms with Crippen molar-refractivity contribution in [3.8, 4) is 5.75 Å². The van der Waals surface area contributed by atoms with Crippen molar-refractivity contribution in [1.82, 2.24) is 20.2 Å². The number of amides is 1. The lowest BCUT2D eigenvalue weighted by atomic mass is 9.94. The first-order chi connectivity index (χ1) is 14.8. The molecule has 1 aliphatic rings. The van der Waals surface area contributed by atoms with E-state index in [4.69, 9.17) is 4.74 Å². The highest BCUT2D eigenvalue weighted by molar-refractivity contribution is 6.06. The van der Waals surface area contributed by atoms with Crippen LogP contribution in [0.3, 0.4) is 0 Å². The summed E-state index contributed by atoms with van der Waals surface area (Å²) < 4.78 is 32.1. The fourth-order valence-corrected chi connectivity index (χ4v) is 3.65. The molecular weight excluding hydrogens is 406 g/mol. The highest BCUT2D eigenvalue weighted by Crippen LogP contribution is 2.39. The zero-order chi connectivity index (χ0) is 22.1. The summed E-state index contributed by atoms with van der Waals surface area (Å²) in [5.74, 6) is -0.178. The van der Waals surface area contributed by atoms with Gasteiger partial charge < -0.3 is 15.4 Å². The number of rotatable bonds is 5. The van der Waals surface area contributed by atoms with E-state index in [2.05, 4.69) is 26.2 Å². The van der Waals surface area contributed by atoms with Gasteiger partial charge in [-0.2, -0.15) is 13.5 Å². The molecule has 1 aliphatic heterocycles. The van der Waals surface area contributed by atoms with Gasteiger partial charge in [0.2, 0.25) is 5.95 Å². The fraction of sp³-hybridized carbons (Fsp3) is 0.238. The molecule has 10 heteroatoms. The molecule has 4 rings (SSSR count). The minimum Gasteiger partial charge on any atom is -0.434 e. The minimum atomic E-state index is -3.02. The second-order valence-electron chi connectivity index (χ2n) is 7.20. The fourth-order valence-electron chi connectivity index (χ4n) is 3.65. The Morgan fingerprint density at radius 3 is 2.71 bits per heavy atom. The van der Waals surface area contributed by atoms with Crippen molar-refractivity contribution in [1.29, 1.82) is 0 Å². The summed E-state index contributed by atoms with van der Waals surface area (Å²) in [6.45, 7) is 2.55. The SMILES string of the molecule is CC1=C(C(=O)Nc2ccc(C)cc2C)[C@H](c2ccccc2OC(F)F)n2nnnc2N1. The maximum atomic E-state index is 13.4. The van der Waals surface area contributed by atoms with Gasteiger partial charge >= 0.3 is 6.61 Å². The number of fused-ring (bicyclic) bond motifs is 1. The van der Waals surface area contributed by atoms with Crippen LogP contribution < -0.4 is 15.4 Å². The van der Waals surface area contributed by atoms with Gasteiger partial charge in [-0.05, 0) is 48.9 Å². The molecule has 0 fully saturated rings. The second-order valence-corrected chi connectivity index (χ2v) is 7.20. The van der Waals surface area contributed by atoms with E-state index in [0.29, 0.717) is 16.9 Å². The van der Waals surface area contributed by atoms with Crippen molar-refractivity contribution in [3.63, 3.8) is 0 Å². The highest BCUT2D eigenvalue weighted by Gasteiger charge is 2.36. The zero-order valence-corrected chi connectivity index (χ0v) is 17.1. The molecule has 1 atom stereocenters. The minimum absolute atomic E-state index is 0.0598. The summed E-state index contributed by atoms with van der Waals surface area (Å²) >= 11 is 0. The molecule has 0 bridgehead atoms. The van der Waals surface area contributed by atoms with Crippen molar-refractivity contribution in [3.05, 3.63) is 70.4 Å². The number of carbonyl (C=O) groups is 1. The van der Waals surface area contributed by atoms with Crippen LogP contribution in [0.25, 0.3) is 0 Å². The first-order valence-electron chi connectivity index (χ1n) is 9.53. The van der Waals surface area contributed by atoms with Crippen molar-refractivity contribution < 1.29 is 18.3 Å². The molecule has 1 aromatic heterocycles. The molecule has 0 saturated carbocycles. The summed E-state index contributed by atoms with van der Waals surface area (Å²) in [5, 5.41) is 17.5. The largest absolute Gasteiger partial charge is 0.434 e. The molecule has 0 aliphatic carbocycles. The molecule has 160 valence electrons. The van der Waals surface area contributed by atoms with Gasteiger partial charge in [0, 0.05) is 16.9 Å². The number of tetrazole rings is 1. The van der Waals surface area contributed by atoms with Crippen LogP contribution in [-0.2, 0) is 4.79 Å². The zero-order valence-electron chi connectivity index (χ0n) is 17.1. The van der Waals surface area contributed by atoms with E-state index in [1.165, 1.54) is 10.7 Å². The van der Waals surface area contributed by atoms with Crippen LogP contribution in [0.4, 0.5) is 20.4 Å². The van der Waals surface area contributed by atoms with E-state index in [0.717, 1.165) is 11.1 Å². The van der Waals surface area contributed by atoms with Crippen molar-refractivity contribution in [2.45, 2.75) is 33.4 Å². The monoisotopic (exact) mass is 426 g/mol. The van der Waals surface area contributed by atoms with Crippen LogP contribution in [-0.4, -0.2) is 32.7 Å². The average Bonchev–Trinajstić information content (AvgIpc) is 3.17. The molecule has 8 nitrogen and oxygen atoms in total. The van der Waals surface area contributed by atoms with Crippen molar-refractivity contribution >= 4 is 17.5 Å². The number of hydrogen-bond donors (Lipinski definition) is 2. The number of nitrogens with zero attached hydrogens (tertiary/aromatic N) is 4. The Morgan fingerprint density at radius 2 is 1.97 bits per heavy atom. The standard InChI is InChI=1S/C21H20F2N6O2/c1-11-8-9-15(12(2)10-11)25-19(30)17-13(3)24-21-26-27-28-29(21)18(17)14-6-4-5-7-16(14)31-20(22)23/h4-10,18,20H,1-3H3,(H,25,30)(H,24,26,28)/t18-/m0/s1. The van der Waals surface area contributed by atoms with Crippen molar-refractivity contribution in [2.24, 2.45) is 0 Å². The maximum absolute atomic E-state index is 13.4. The number of aromatic nitrogens is 4. The average molecular weight is 426 g/mol. The van der Waals surface area contributed by atoms with Gasteiger partial charge in [0.05, 0.1) is 5.57 Å². The van der Waals surface area contributed by atoms with E-state index >= 15 is 0 Å². The molecule has 2 aromatic carbocycles. The molecule has 31 heavy (non-hydrogen) atoms. The van der Waals surface area contributed by atoms with Gasteiger partial charge in [0.15, 0.2) is 0 Å². The number of carbonyl (C=O) groups excluding carboxylic acids is 1. The lowest BCUT2D eigenvalue weighted by molar-refractivity contribution is -0.113. The van der Waals surface area contributed by atoms with Crippen LogP contribution in [0.15, 0.2) is 53.7 Å². The molecule has 0 spiro atoms. The summed E-state index contributed by atoms with van der Waals surface area (Å²) in [4.78, 5) is 13.4. The van der Waals surface area contributed by atoms with Crippen LogP contribution in [0.2, 0.25) is 0 Å². The molecule has 0 radical (unpaired) electrons. The third kappa shape index (κ3) is 3.96. The number of hydrogen-bond acceptors (Lipinski definition) is 6. The Balaban J connectivity index is 1.79. The Morgan fingerprint density at radius 1 is 1.19 bits per heavy atom. The first kappa shape index (κ1) is 20.5. The number of alkyl halides is 2. The van der Waals surface area contributed by atoms with Crippen molar-refractivity contribution in [2.75, 3.05) is 10.6 Å². The third-order valence-corrected chi connectivity index (χ3v) is 5.02. The normalized spacial score (nSPS) is 15.5. The molecule has 3 aromatic rings. The van der Waals surface area contributed by atoms with Gasteiger partial charge in [-0.3, -0.25) is 4.79 Å². The third-order valence-electron chi connectivity index (χ3n) is 5.02. The van der Waals surface area contributed by atoms with E-state index in [9.17, 15) is 13.6 Å². The number of para-hydroxylation sites is 1. The quantitative estimate of drug-likeness (QED) is 0.644. The van der Waals surface area contributed by atoms with Gasteiger partial charge in [0.1, 0.15) is 11.8 Å². The van der Waals surface area contributed by atoms with Gasteiger partial charge in [-0.1, -0.05) is 41.0 Å². The number of ether oxygens (including phenoxy) is 1. The summed E-state index contributed by atoms with van der Waals surface area (Å²) in [7, 11) is 0. The number of anilines is 2. The Labute approximate surface area is 176 Å².